The van der Waals surface area contributed by atoms with E-state index in [1.54, 1.807) is 0 Å². The summed E-state index contributed by atoms with van der Waals surface area (Å²) < 4.78 is 0. The highest BCUT2D eigenvalue weighted by Gasteiger charge is 2.36. The first-order chi connectivity index (χ1) is 9.55. The summed E-state index contributed by atoms with van der Waals surface area (Å²) in [5, 5.41) is 2.90. The van der Waals surface area contributed by atoms with Crippen LogP contribution in [0.5, 0.6) is 0 Å². The summed E-state index contributed by atoms with van der Waals surface area (Å²) in [5.74, 6) is -0.415. The zero-order chi connectivity index (χ0) is 14.6. The van der Waals surface area contributed by atoms with Gasteiger partial charge in [0.15, 0.2) is 5.43 Å². The molecule has 1 aliphatic rings. The monoisotopic (exact) mass is 293 g/mol. The highest BCUT2D eigenvalue weighted by atomic mass is 32.1. The molecule has 1 fully saturated rings. The molecule has 20 heavy (non-hydrogen) atoms. The van der Waals surface area contributed by atoms with Crippen molar-refractivity contribution in [3.8, 4) is 0 Å². The first-order valence-corrected chi connectivity index (χ1v) is 7.25. The second kappa shape index (κ2) is 6.17. The van der Waals surface area contributed by atoms with E-state index in [2.05, 4.69) is 10.3 Å². The van der Waals surface area contributed by atoms with Gasteiger partial charge < -0.3 is 16.0 Å². The fraction of sp³-hybridized carbons (Fsp3) is 0.500. The van der Waals surface area contributed by atoms with Crippen LogP contribution in [0.25, 0.3) is 0 Å². The molecule has 2 rings (SSSR count). The first-order valence-electron chi connectivity index (χ1n) is 6.85. The van der Waals surface area contributed by atoms with Gasteiger partial charge in [-0.3, -0.25) is 9.59 Å². The lowest BCUT2D eigenvalue weighted by atomic mass is 9.89. The number of nitrogens with one attached hydrogen (secondary N) is 2. The van der Waals surface area contributed by atoms with Gasteiger partial charge in [0.05, 0.1) is 10.5 Å². The minimum Gasteiger partial charge on any atom is -0.391 e. The maximum absolute atomic E-state index is 12.3. The van der Waals surface area contributed by atoms with Crippen molar-refractivity contribution < 1.29 is 4.79 Å². The molecule has 0 aliphatic heterocycles. The van der Waals surface area contributed by atoms with E-state index in [0.29, 0.717) is 4.99 Å². The molecule has 6 heteroatoms. The van der Waals surface area contributed by atoms with Crippen molar-refractivity contribution in [2.45, 2.75) is 44.1 Å². The van der Waals surface area contributed by atoms with Crippen LogP contribution in [0.1, 0.15) is 48.9 Å². The summed E-state index contributed by atoms with van der Waals surface area (Å²) in [6.45, 7) is 0. The van der Waals surface area contributed by atoms with Crippen molar-refractivity contribution in [2.24, 2.45) is 5.73 Å². The largest absolute Gasteiger partial charge is 0.391 e. The van der Waals surface area contributed by atoms with Crippen molar-refractivity contribution in [2.75, 3.05) is 0 Å². The van der Waals surface area contributed by atoms with Crippen LogP contribution in [0.4, 0.5) is 0 Å². The summed E-state index contributed by atoms with van der Waals surface area (Å²) in [5.41, 5.74) is 4.98. The molecule has 1 aromatic heterocycles. The molecule has 1 amide bonds. The zero-order valence-corrected chi connectivity index (χ0v) is 12.1. The average molecular weight is 293 g/mol. The Morgan fingerprint density at radius 3 is 2.50 bits per heavy atom. The summed E-state index contributed by atoms with van der Waals surface area (Å²) >= 11 is 5.17. The molecular weight excluding hydrogens is 274 g/mol. The van der Waals surface area contributed by atoms with Crippen molar-refractivity contribution in [1.82, 2.24) is 10.3 Å². The van der Waals surface area contributed by atoms with Crippen LogP contribution in [0.3, 0.4) is 0 Å². The molecule has 1 aliphatic carbocycles. The Morgan fingerprint density at radius 2 is 1.95 bits per heavy atom. The number of hydrogen-bond acceptors (Lipinski definition) is 3. The van der Waals surface area contributed by atoms with Gasteiger partial charge in [-0.25, -0.2) is 0 Å². The fourth-order valence-electron chi connectivity index (χ4n) is 2.64. The van der Waals surface area contributed by atoms with Gasteiger partial charge in [-0.15, -0.1) is 0 Å². The SMILES string of the molecule is NC(=S)C1(NC(=O)c2c[nH]ccc2=O)CCCCCC1. The Balaban J connectivity index is 2.24. The molecular formula is C14H19N3O2S. The molecule has 1 saturated carbocycles. The molecule has 0 unspecified atom stereocenters. The lowest BCUT2D eigenvalue weighted by Crippen LogP contribution is -2.56. The Morgan fingerprint density at radius 1 is 1.30 bits per heavy atom. The maximum Gasteiger partial charge on any atom is 0.257 e. The number of rotatable bonds is 3. The molecule has 0 saturated heterocycles. The van der Waals surface area contributed by atoms with Crippen LogP contribution in [0, 0.1) is 0 Å². The van der Waals surface area contributed by atoms with Gasteiger partial charge in [-0.05, 0) is 12.8 Å². The molecule has 0 spiro atoms. The van der Waals surface area contributed by atoms with Gasteiger partial charge in [0.25, 0.3) is 5.91 Å². The van der Waals surface area contributed by atoms with Gasteiger partial charge in [-0.1, -0.05) is 37.9 Å². The van der Waals surface area contributed by atoms with E-state index in [9.17, 15) is 9.59 Å². The van der Waals surface area contributed by atoms with Crippen LogP contribution in [0.15, 0.2) is 23.3 Å². The number of thiocarbonyl (C=S) groups is 1. The van der Waals surface area contributed by atoms with Crippen LogP contribution in [0.2, 0.25) is 0 Å². The number of aromatic amines is 1. The maximum atomic E-state index is 12.3. The van der Waals surface area contributed by atoms with Gasteiger partial charge in [0.1, 0.15) is 5.56 Å². The quantitative estimate of drug-likeness (QED) is 0.582. The minimum atomic E-state index is -0.662. The summed E-state index contributed by atoms with van der Waals surface area (Å²) in [6, 6.07) is 1.33. The molecule has 0 aromatic carbocycles. The second-order valence-electron chi connectivity index (χ2n) is 5.24. The Hall–Kier alpha value is -1.69. The highest BCUT2D eigenvalue weighted by Crippen LogP contribution is 2.27. The van der Waals surface area contributed by atoms with E-state index in [1.165, 1.54) is 18.5 Å². The Kier molecular flexibility index (Phi) is 4.54. The van der Waals surface area contributed by atoms with Gasteiger partial charge in [-0.2, -0.15) is 0 Å². The van der Waals surface area contributed by atoms with Crippen LogP contribution >= 0.6 is 12.2 Å². The number of amides is 1. The number of aromatic nitrogens is 1. The van der Waals surface area contributed by atoms with E-state index in [0.717, 1.165) is 38.5 Å². The third kappa shape index (κ3) is 3.07. The van der Waals surface area contributed by atoms with Gasteiger partial charge in [0.2, 0.25) is 0 Å². The predicted octanol–water partition coefficient (Wildman–Crippen LogP) is 1.48. The highest BCUT2D eigenvalue weighted by molar-refractivity contribution is 7.80. The van der Waals surface area contributed by atoms with Gasteiger partial charge >= 0.3 is 0 Å². The smallest absolute Gasteiger partial charge is 0.257 e. The molecule has 5 nitrogen and oxygen atoms in total. The predicted molar refractivity (Wildman–Crippen MR) is 81.7 cm³/mol. The lowest BCUT2D eigenvalue weighted by Gasteiger charge is -2.32. The summed E-state index contributed by atoms with van der Waals surface area (Å²) in [7, 11) is 0. The average Bonchev–Trinajstić information content (AvgIpc) is 2.65. The summed E-state index contributed by atoms with van der Waals surface area (Å²) in [4.78, 5) is 27.1. The number of hydrogen-bond donors (Lipinski definition) is 3. The van der Waals surface area contributed by atoms with E-state index in [1.807, 2.05) is 0 Å². The number of H-pyrrole nitrogens is 1. The number of carbonyl (C=O) groups excluding carboxylic acids is 1. The van der Waals surface area contributed by atoms with E-state index >= 15 is 0 Å². The number of pyridine rings is 1. The molecule has 0 bridgehead atoms. The van der Waals surface area contributed by atoms with E-state index < -0.39 is 11.4 Å². The summed E-state index contributed by atoms with van der Waals surface area (Å²) in [6.07, 6.45) is 8.55. The molecule has 4 N–H and O–H groups in total. The van der Waals surface area contributed by atoms with Crippen LogP contribution in [-0.2, 0) is 0 Å². The number of nitrogens with two attached hydrogens (primary N) is 1. The molecule has 1 heterocycles. The standard InChI is InChI=1S/C14H19N3O2S/c15-13(20)14(6-3-1-2-4-7-14)17-12(19)10-9-16-8-5-11(10)18/h5,8-9H,1-4,6-7H2,(H2,15,20)(H,16,18)(H,17,19). The van der Waals surface area contributed by atoms with E-state index in [-0.39, 0.29) is 11.0 Å². The first kappa shape index (κ1) is 14.7. The fourth-order valence-corrected chi connectivity index (χ4v) is 2.90. The van der Waals surface area contributed by atoms with Crippen molar-refractivity contribution in [3.63, 3.8) is 0 Å². The Labute approximate surface area is 123 Å². The molecule has 1 aromatic rings. The van der Waals surface area contributed by atoms with E-state index in [4.69, 9.17) is 18.0 Å². The van der Waals surface area contributed by atoms with Crippen LogP contribution < -0.4 is 16.5 Å². The lowest BCUT2D eigenvalue weighted by molar-refractivity contribution is 0.0916. The van der Waals surface area contributed by atoms with Crippen molar-refractivity contribution in [3.05, 3.63) is 34.2 Å². The normalized spacial score (nSPS) is 18.0. The van der Waals surface area contributed by atoms with Crippen molar-refractivity contribution >= 4 is 23.1 Å². The molecule has 0 atom stereocenters. The third-order valence-electron chi connectivity index (χ3n) is 3.85. The third-order valence-corrected chi connectivity index (χ3v) is 4.24. The minimum absolute atomic E-state index is 0.0902. The second-order valence-corrected chi connectivity index (χ2v) is 5.68. The Bertz CT molecular complexity index is 560. The molecule has 0 radical (unpaired) electrons. The van der Waals surface area contributed by atoms with Crippen molar-refractivity contribution in [1.29, 1.82) is 0 Å². The number of carbonyl (C=O) groups is 1. The topological polar surface area (TPSA) is 88.0 Å². The van der Waals surface area contributed by atoms with Gasteiger partial charge in [0, 0.05) is 18.5 Å². The van der Waals surface area contributed by atoms with Crippen LogP contribution in [-0.4, -0.2) is 21.4 Å². The molecule has 108 valence electrons. The zero-order valence-electron chi connectivity index (χ0n) is 11.3.